The van der Waals surface area contributed by atoms with Gasteiger partial charge in [0.2, 0.25) is 5.91 Å². The molecule has 19 heavy (non-hydrogen) atoms. The molecule has 0 aliphatic heterocycles. The van der Waals surface area contributed by atoms with E-state index in [1.165, 1.54) is 11.1 Å². The minimum absolute atomic E-state index is 0.0581. The molecule has 1 aromatic rings. The van der Waals surface area contributed by atoms with Crippen molar-refractivity contribution < 1.29 is 9.53 Å². The van der Waals surface area contributed by atoms with E-state index in [1.54, 1.807) is 19.1 Å². The molecule has 0 spiro atoms. The number of methoxy groups -OCH3 is 1. The van der Waals surface area contributed by atoms with Crippen molar-refractivity contribution in [2.45, 2.75) is 27.3 Å². The van der Waals surface area contributed by atoms with Crippen molar-refractivity contribution in [2.75, 3.05) is 20.7 Å². The monoisotopic (exact) mass is 264 g/mol. The Kier molecular flexibility index (Phi) is 5.36. The summed E-state index contributed by atoms with van der Waals surface area (Å²) in [5.41, 5.74) is 8.93. The van der Waals surface area contributed by atoms with E-state index in [4.69, 9.17) is 10.5 Å². The van der Waals surface area contributed by atoms with Gasteiger partial charge >= 0.3 is 0 Å². The zero-order valence-corrected chi connectivity index (χ0v) is 12.5. The first kappa shape index (κ1) is 15.5. The summed E-state index contributed by atoms with van der Waals surface area (Å²) in [6.45, 7) is 6.85. The fourth-order valence-corrected chi connectivity index (χ4v) is 1.97. The predicted octanol–water partition coefficient (Wildman–Crippen LogP) is 1.87. The van der Waals surface area contributed by atoms with Crippen LogP contribution in [0.3, 0.4) is 0 Å². The number of nitrogens with zero attached hydrogens (tertiary/aromatic N) is 1. The van der Waals surface area contributed by atoms with Crippen LogP contribution < -0.4 is 10.5 Å². The fraction of sp³-hybridized carbons (Fsp3) is 0.533. The van der Waals surface area contributed by atoms with E-state index in [0.717, 1.165) is 11.3 Å². The van der Waals surface area contributed by atoms with Crippen LogP contribution in [0.2, 0.25) is 0 Å². The highest BCUT2D eigenvalue weighted by Crippen LogP contribution is 2.24. The third-order valence-electron chi connectivity index (χ3n) is 3.46. The van der Waals surface area contributed by atoms with Crippen LogP contribution in [0.1, 0.15) is 23.6 Å². The van der Waals surface area contributed by atoms with Crippen molar-refractivity contribution >= 4 is 5.91 Å². The van der Waals surface area contributed by atoms with Gasteiger partial charge < -0.3 is 15.4 Å². The lowest BCUT2D eigenvalue weighted by atomic mass is 10.0. The highest BCUT2D eigenvalue weighted by molar-refractivity contribution is 5.78. The molecule has 0 aliphatic carbocycles. The number of benzene rings is 1. The number of aryl methyl sites for hydroxylation is 2. The predicted molar refractivity (Wildman–Crippen MR) is 77.2 cm³/mol. The molecule has 0 aromatic heterocycles. The van der Waals surface area contributed by atoms with Crippen LogP contribution in [0.25, 0.3) is 0 Å². The standard InChI is InChI=1S/C15H24N2O2/c1-10-6-13(14(19-5)7-11(10)2)9-17(4)15(18)12(3)8-16/h6-7,12H,8-9,16H2,1-5H3. The molecule has 1 rings (SSSR count). The summed E-state index contributed by atoms with van der Waals surface area (Å²) < 4.78 is 5.39. The number of hydrogen-bond acceptors (Lipinski definition) is 3. The third kappa shape index (κ3) is 3.70. The van der Waals surface area contributed by atoms with Crippen LogP contribution in [-0.4, -0.2) is 31.5 Å². The molecule has 0 saturated carbocycles. The second-order valence-corrected chi connectivity index (χ2v) is 5.08. The average molecular weight is 264 g/mol. The van der Waals surface area contributed by atoms with Gasteiger partial charge in [0.15, 0.2) is 0 Å². The van der Waals surface area contributed by atoms with Gasteiger partial charge in [-0.3, -0.25) is 4.79 Å². The largest absolute Gasteiger partial charge is 0.496 e. The maximum Gasteiger partial charge on any atom is 0.226 e. The summed E-state index contributed by atoms with van der Waals surface area (Å²) in [6, 6.07) is 4.08. The number of ether oxygens (including phenoxy) is 1. The van der Waals surface area contributed by atoms with Gasteiger partial charge in [0.05, 0.1) is 7.11 Å². The Labute approximate surface area is 115 Å². The van der Waals surface area contributed by atoms with Gasteiger partial charge in [0.25, 0.3) is 0 Å². The van der Waals surface area contributed by atoms with Crippen molar-refractivity contribution in [2.24, 2.45) is 11.7 Å². The smallest absolute Gasteiger partial charge is 0.226 e. The molecule has 0 saturated heterocycles. The van der Waals surface area contributed by atoms with Crippen LogP contribution in [0.15, 0.2) is 12.1 Å². The van der Waals surface area contributed by atoms with Gasteiger partial charge in [-0.1, -0.05) is 13.0 Å². The second kappa shape index (κ2) is 6.57. The van der Waals surface area contributed by atoms with Crippen LogP contribution in [0.5, 0.6) is 5.75 Å². The molecular formula is C15H24N2O2. The van der Waals surface area contributed by atoms with E-state index >= 15 is 0 Å². The van der Waals surface area contributed by atoms with Crippen molar-refractivity contribution in [3.05, 3.63) is 28.8 Å². The van der Waals surface area contributed by atoms with Crippen LogP contribution in [0, 0.1) is 19.8 Å². The molecule has 106 valence electrons. The number of hydrogen-bond donors (Lipinski definition) is 1. The number of nitrogens with two attached hydrogens (primary N) is 1. The zero-order valence-electron chi connectivity index (χ0n) is 12.5. The number of carbonyl (C=O) groups is 1. The van der Waals surface area contributed by atoms with Crippen LogP contribution in [0.4, 0.5) is 0 Å². The van der Waals surface area contributed by atoms with Gasteiger partial charge in [-0.05, 0) is 31.0 Å². The van der Waals surface area contributed by atoms with Gasteiger partial charge in [0, 0.05) is 31.6 Å². The summed E-state index contributed by atoms with van der Waals surface area (Å²) in [6.07, 6.45) is 0. The first-order chi connectivity index (χ1) is 8.90. The Bertz CT molecular complexity index is 458. The molecule has 4 heteroatoms. The van der Waals surface area contributed by atoms with Crippen molar-refractivity contribution in [3.8, 4) is 5.75 Å². The molecule has 0 radical (unpaired) electrons. The van der Waals surface area contributed by atoms with E-state index in [9.17, 15) is 4.79 Å². The Morgan fingerprint density at radius 3 is 2.47 bits per heavy atom. The Morgan fingerprint density at radius 2 is 1.95 bits per heavy atom. The van der Waals surface area contributed by atoms with Gasteiger partial charge in [0.1, 0.15) is 5.75 Å². The number of rotatable bonds is 5. The van der Waals surface area contributed by atoms with Crippen molar-refractivity contribution in [3.63, 3.8) is 0 Å². The summed E-state index contributed by atoms with van der Waals surface area (Å²) in [5, 5.41) is 0. The van der Waals surface area contributed by atoms with E-state index in [2.05, 4.69) is 13.0 Å². The molecule has 4 nitrogen and oxygen atoms in total. The van der Waals surface area contributed by atoms with Crippen molar-refractivity contribution in [1.82, 2.24) is 4.90 Å². The van der Waals surface area contributed by atoms with E-state index in [0.29, 0.717) is 13.1 Å². The molecule has 0 aliphatic rings. The molecule has 0 heterocycles. The first-order valence-corrected chi connectivity index (χ1v) is 6.49. The normalized spacial score (nSPS) is 12.1. The quantitative estimate of drug-likeness (QED) is 0.883. The summed E-state index contributed by atoms with van der Waals surface area (Å²) in [7, 11) is 3.45. The molecular weight excluding hydrogens is 240 g/mol. The molecule has 0 bridgehead atoms. The van der Waals surface area contributed by atoms with E-state index in [-0.39, 0.29) is 11.8 Å². The average Bonchev–Trinajstić information content (AvgIpc) is 2.40. The SMILES string of the molecule is COc1cc(C)c(C)cc1CN(C)C(=O)C(C)CN. The lowest BCUT2D eigenvalue weighted by molar-refractivity contribution is -0.133. The summed E-state index contributed by atoms with van der Waals surface area (Å²) in [5.74, 6) is 0.730. The Balaban J connectivity index is 2.93. The van der Waals surface area contributed by atoms with Gasteiger partial charge in [-0.25, -0.2) is 0 Å². The van der Waals surface area contributed by atoms with Crippen LogP contribution in [-0.2, 0) is 11.3 Å². The second-order valence-electron chi connectivity index (χ2n) is 5.08. The van der Waals surface area contributed by atoms with Gasteiger partial charge in [-0.2, -0.15) is 0 Å². The molecule has 1 atom stereocenters. The fourth-order valence-electron chi connectivity index (χ4n) is 1.97. The maximum absolute atomic E-state index is 12.0. The number of carbonyl (C=O) groups excluding carboxylic acids is 1. The summed E-state index contributed by atoms with van der Waals surface area (Å²) >= 11 is 0. The number of amides is 1. The molecule has 1 amide bonds. The molecule has 2 N–H and O–H groups in total. The van der Waals surface area contributed by atoms with Crippen LogP contribution >= 0.6 is 0 Å². The molecule has 1 unspecified atom stereocenters. The highest BCUT2D eigenvalue weighted by Gasteiger charge is 2.17. The lowest BCUT2D eigenvalue weighted by Gasteiger charge is -2.22. The van der Waals surface area contributed by atoms with E-state index < -0.39 is 0 Å². The van der Waals surface area contributed by atoms with Crippen molar-refractivity contribution in [1.29, 1.82) is 0 Å². The highest BCUT2D eigenvalue weighted by atomic mass is 16.5. The van der Waals surface area contributed by atoms with E-state index in [1.807, 2.05) is 19.9 Å². The minimum atomic E-state index is -0.150. The Morgan fingerprint density at radius 1 is 1.37 bits per heavy atom. The molecule has 1 aromatic carbocycles. The molecule has 0 fully saturated rings. The Hall–Kier alpha value is -1.55. The zero-order chi connectivity index (χ0) is 14.6. The topological polar surface area (TPSA) is 55.6 Å². The first-order valence-electron chi connectivity index (χ1n) is 6.49. The maximum atomic E-state index is 12.0. The third-order valence-corrected chi connectivity index (χ3v) is 3.46. The minimum Gasteiger partial charge on any atom is -0.496 e. The lowest BCUT2D eigenvalue weighted by Crippen LogP contribution is -2.34. The van der Waals surface area contributed by atoms with Gasteiger partial charge in [-0.15, -0.1) is 0 Å². The summed E-state index contributed by atoms with van der Waals surface area (Å²) in [4.78, 5) is 13.7.